The Morgan fingerprint density at radius 3 is 2.77 bits per heavy atom. The molecule has 1 aliphatic carbocycles. The van der Waals surface area contributed by atoms with Crippen LogP contribution in [0.5, 0.6) is 0 Å². The number of hydrogen-bond acceptors (Lipinski definition) is 5. The van der Waals surface area contributed by atoms with E-state index in [1.54, 1.807) is 10.7 Å². The summed E-state index contributed by atoms with van der Waals surface area (Å²) in [6, 6.07) is 1.58. The summed E-state index contributed by atoms with van der Waals surface area (Å²) in [7, 11) is 0. The standard InChI is InChI=1S/C21H26ClF2N7/c1-4-30-18(7-10-25-30)14(3)26-19(15-5-8-21(23,24)9-6-15)17-12-31-20(28-17)27-16(11-22)13(2)29-31/h7,10,12,15,19,26H,3-6,8-9,11H2,1-2H3. The second-order valence-corrected chi connectivity index (χ2v) is 8.28. The van der Waals surface area contributed by atoms with E-state index >= 15 is 0 Å². The van der Waals surface area contributed by atoms with Gasteiger partial charge in [-0.05, 0) is 38.7 Å². The number of hydrogen-bond donors (Lipinski definition) is 1. The van der Waals surface area contributed by atoms with Gasteiger partial charge in [0.25, 0.3) is 5.78 Å². The van der Waals surface area contributed by atoms with Gasteiger partial charge in [0.05, 0.1) is 46.6 Å². The van der Waals surface area contributed by atoms with Gasteiger partial charge in [-0.2, -0.15) is 10.2 Å². The molecule has 0 bridgehead atoms. The van der Waals surface area contributed by atoms with Crippen molar-refractivity contribution in [1.82, 2.24) is 34.7 Å². The molecule has 1 aliphatic rings. The van der Waals surface area contributed by atoms with Gasteiger partial charge in [-0.15, -0.1) is 11.6 Å². The molecule has 1 saturated carbocycles. The highest BCUT2D eigenvalue weighted by Crippen LogP contribution is 2.41. The van der Waals surface area contributed by atoms with Crippen molar-refractivity contribution in [3.63, 3.8) is 0 Å². The van der Waals surface area contributed by atoms with Gasteiger partial charge in [0.15, 0.2) is 0 Å². The summed E-state index contributed by atoms with van der Waals surface area (Å²) >= 11 is 5.96. The fourth-order valence-electron chi connectivity index (χ4n) is 4.16. The molecule has 3 aromatic rings. The van der Waals surface area contributed by atoms with Crippen molar-refractivity contribution in [2.45, 2.75) is 63.9 Å². The zero-order chi connectivity index (χ0) is 22.2. The van der Waals surface area contributed by atoms with E-state index in [0.29, 0.717) is 42.2 Å². The first-order chi connectivity index (χ1) is 14.8. The molecule has 0 radical (unpaired) electrons. The Hall–Kier alpha value is -2.55. The lowest BCUT2D eigenvalue weighted by Crippen LogP contribution is -2.34. The maximum atomic E-state index is 13.8. The minimum atomic E-state index is -2.60. The van der Waals surface area contributed by atoms with Crippen LogP contribution in [0.4, 0.5) is 8.78 Å². The van der Waals surface area contributed by atoms with Crippen molar-refractivity contribution in [3.05, 3.63) is 47.8 Å². The first-order valence-electron chi connectivity index (χ1n) is 10.5. The predicted octanol–water partition coefficient (Wildman–Crippen LogP) is 4.52. The monoisotopic (exact) mass is 449 g/mol. The highest BCUT2D eigenvalue weighted by molar-refractivity contribution is 6.16. The van der Waals surface area contributed by atoms with Crippen LogP contribution in [0.25, 0.3) is 11.5 Å². The lowest BCUT2D eigenvalue weighted by atomic mass is 9.81. The second-order valence-electron chi connectivity index (χ2n) is 8.01. The van der Waals surface area contributed by atoms with E-state index in [2.05, 4.69) is 32.1 Å². The Kier molecular flexibility index (Phi) is 5.96. The minimum Gasteiger partial charge on any atom is -0.375 e. The topological polar surface area (TPSA) is 72.9 Å². The third-order valence-corrected chi connectivity index (χ3v) is 6.19. The molecule has 1 unspecified atom stereocenters. The molecule has 0 saturated heterocycles. The summed E-state index contributed by atoms with van der Waals surface area (Å²) in [5, 5.41) is 12.2. The van der Waals surface area contributed by atoms with Gasteiger partial charge in [0, 0.05) is 25.6 Å². The quantitative estimate of drug-likeness (QED) is 0.537. The third-order valence-electron chi connectivity index (χ3n) is 5.93. The molecule has 1 N–H and O–H groups in total. The number of aryl methyl sites for hydroxylation is 2. The van der Waals surface area contributed by atoms with Crippen molar-refractivity contribution in [1.29, 1.82) is 0 Å². The molecule has 3 aromatic heterocycles. The maximum Gasteiger partial charge on any atom is 0.251 e. The molecule has 7 nitrogen and oxygen atoms in total. The summed E-state index contributed by atoms with van der Waals surface area (Å²) in [6.45, 7) is 8.73. The minimum absolute atomic E-state index is 0.0205. The largest absolute Gasteiger partial charge is 0.375 e. The van der Waals surface area contributed by atoms with E-state index < -0.39 is 5.92 Å². The Morgan fingerprint density at radius 2 is 2.10 bits per heavy atom. The first kappa shape index (κ1) is 21.7. The Bertz CT molecular complexity index is 1080. The molecule has 166 valence electrons. The van der Waals surface area contributed by atoms with Crippen LogP contribution >= 0.6 is 11.6 Å². The molecule has 1 fully saturated rings. The Labute approximate surface area is 184 Å². The highest BCUT2D eigenvalue weighted by Gasteiger charge is 2.39. The van der Waals surface area contributed by atoms with Gasteiger partial charge in [-0.3, -0.25) is 4.68 Å². The van der Waals surface area contributed by atoms with Crippen molar-refractivity contribution in [2.75, 3.05) is 0 Å². The van der Waals surface area contributed by atoms with Crippen LogP contribution in [0.3, 0.4) is 0 Å². The molecule has 0 amide bonds. The van der Waals surface area contributed by atoms with Crippen molar-refractivity contribution in [3.8, 4) is 0 Å². The lowest BCUT2D eigenvalue weighted by molar-refractivity contribution is -0.0493. The number of aromatic nitrogens is 6. The van der Waals surface area contributed by atoms with Gasteiger partial charge in [-0.25, -0.2) is 23.3 Å². The van der Waals surface area contributed by atoms with E-state index in [1.165, 1.54) is 0 Å². The molecule has 10 heteroatoms. The van der Waals surface area contributed by atoms with E-state index in [0.717, 1.165) is 11.4 Å². The number of halogens is 3. The van der Waals surface area contributed by atoms with Gasteiger partial charge in [-0.1, -0.05) is 6.58 Å². The summed E-state index contributed by atoms with van der Waals surface area (Å²) in [6.07, 6.45) is 4.06. The average Bonchev–Trinajstić information content (AvgIpc) is 3.38. The van der Waals surface area contributed by atoms with Crippen molar-refractivity contribution < 1.29 is 8.78 Å². The molecule has 0 aliphatic heterocycles. The maximum absolute atomic E-state index is 13.8. The van der Waals surface area contributed by atoms with Crippen molar-refractivity contribution in [2.24, 2.45) is 5.92 Å². The number of imidazole rings is 1. The fourth-order valence-corrected chi connectivity index (χ4v) is 4.41. The van der Waals surface area contributed by atoms with Crippen LogP contribution < -0.4 is 5.32 Å². The third kappa shape index (κ3) is 4.42. The smallest absolute Gasteiger partial charge is 0.251 e. The van der Waals surface area contributed by atoms with Gasteiger partial charge >= 0.3 is 0 Å². The molecular weight excluding hydrogens is 424 g/mol. The van der Waals surface area contributed by atoms with Gasteiger partial charge in [0.2, 0.25) is 5.92 Å². The molecule has 1 atom stereocenters. The number of alkyl halides is 3. The van der Waals surface area contributed by atoms with Gasteiger partial charge < -0.3 is 5.32 Å². The fraction of sp³-hybridized carbons (Fsp3) is 0.524. The average molecular weight is 450 g/mol. The van der Waals surface area contributed by atoms with Crippen LogP contribution in [0.1, 0.15) is 61.4 Å². The van der Waals surface area contributed by atoms with Crippen molar-refractivity contribution >= 4 is 23.1 Å². The lowest BCUT2D eigenvalue weighted by Gasteiger charge is -2.34. The number of nitrogens with zero attached hydrogens (tertiary/aromatic N) is 6. The van der Waals surface area contributed by atoms with E-state index in [-0.39, 0.29) is 30.7 Å². The zero-order valence-corrected chi connectivity index (χ0v) is 18.4. The molecular formula is C21H26ClF2N7. The van der Waals surface area contributed by atoms with Crippen LogP contribution in [-0.2, 0) is 12.4 Å². The van der Waals surface area contributed by atoms with Crippen LogP contribution in [-0.4, -0.2) is 35.3 Å². The van der Waals surface area contributed by atoms with E-state index in [1.807, 2.05) is 30.8 Å². The molecule has 3 heterocycles. The molecule has 0 spiro atoms. The predicted molar refractivity (Wildman–Crippen MR) is 115 cm³/mol. The van der Waals surface area contributed by atoms with Crippen LogP contribution in [0.15, 0.2) is 25.0 Å². The number of fused-ring (bicyclic) bond motifs is 1. The highest BCUT2D eigenvalue weighted by atomic mass is 35.5. The molecule has 31 heavy (non-hydrogen) atoms. The van der Waals surface area contributed by atoms with E-state index in [4.69, 9.17) is 11.6 Å². The molecule has 0 aromatic carbocycles. The number of nitrogens with one attached hydrogen (secondary N) is 1. The summed E-state index contributed by atoms with van der Waals surface area (Å²) < 4.78 is 31.1. The summed E-state index contributed by atoms with van der Waals surface area (Å²) in [5.74, 6) is -1.94. The van der Waals surface area contributed by atoms with Gasteiger partial charge in [0.1, 0.15) is 0 Å². The van der Waals surface area contributed by atoms with Crippen LogP contribution in [0.2, 0.25) is 0 Å². The number of rotatable bonds is 7. The zero-order valence-electron chi connectivity index (χ0n) is 17.7. The Morgan fingerprint density at radius 1 is 1.35 bits per heavy atom. The normalized spacial score (nSPS) is 17.7. The Balaban J connectivity index is 1.68. The molecule has 4 rings (SSSR count). The van der Waals surface area contributed by atoms with E-state index in [9.17, 15) is 8.78 Å². The summed E-state index contributed by atoms with van der Waals surface area (Å²) in [5.41, 5.74) is 3.63. The first-order valence-corrected chi connectivity index (χ1v) is 11.0. The van der Waals surface area contributed by atoms with Crippen LogP contribution in [0, 0.1) is 12.8 Å². The summed E-state index contributed by atoms with van der Waals surface area (Å²) in [4.78, 5) is 9.16. The second kappa shape index (κ2) is 8.53. The SMILES string of the molecule is C=C(NC(c1cn2nc(C)c(CCl)nc2n1)C1CCC(F)(F)CC1)c1ccnn1CC.